The van der Waals surface area contributed by atoms with Crippen LogP contribution in [0, 0.1) is 13.8 Å². The van der Waals surface area contributed by atoms with E-state index >= 15 is 0 Å². The van der Waals surface area contributed by atoms with Gasteiger partial charge in [-0.2, -0.15) is 0 Å². The van der Waals surface area contributed by atoms with E-state index in [1.54, 1.807) is 0 Å². The van der Waals surface area contributed by atoms with E-state index in [-0.39, 0.29) is 0 Å². The van der Waals surface area contributed by atoms with Crippen LogP contribution in [0.5, 0.6) is 0 Å². The summed E-state index contributed by atoms with van der Waals surface area (Å²) in [5, 5.41) is 6.84. The molecule has 6 aromatic rings. The highest BCUT2D eigenvalue weighted by Gasteiger charge is 2.27. The number of rotatable bonds is 1. The summed E-state index contributed by atoms with van der Waals surface area (Å²) in [6.07, 6.45) is 6.12. The third kappa shape index (κ3) is 2.46. The Hall–Kier alpha value is -3.17. The van der Waals surface area contributed by atoms with Gasteiger partial charge in [0.1, 0.15) is 7.05 Å². The number of aromatic nitrogens is 2. The first kappa shape index (κ1) is 19.3. The van der Waals surface area contributed by atoms with E-state index in [0.717, 1.165) is 0 Å². The predicted octanol–water partition coefficient (Wildman–Crippen LogP) is 6.59. The van der Waals surface area contributed by atoms with Crippen molar-refractivity contribution in [2.24, 2.45) is 7.05 Å². The molecule has 33 heavy (non-hydrogen) atoms. The van der Waals surface area contributed by atoms with Crippen LogP contribution in [0.4, 0.5) is 0 Å². The first-order chi connectivity index (χ1) is 16.0. The maximum atomic E-state index is 2.56. The number of benzene rings is 3. The summed E-state index contributed by atoms with van der Waals surface area (Å²) in [4.78, 5) is 2.55. The van der Waals surface area contributed by atoms with Crippen molar-refractivity contribution in [3.63, 3.8) is 0 Å². The van der Waals surface area contributed by atoms with E-state index < -0.39 is 0 Å². The largest absolute Gasteiger partial charge is 0.307 e. The lowest BCUT2D eigenvalue weighted by Gasteiger charge is -2.33. The minimum Gasteiger partial charge on any atom is -0.307 e. The first-order valence-electron chi connectivity index (χ1n) is 12.2. The van der Waals surface area contributed by atoms with Gasteiger partial charge >= 0.3 is 0 Å². The van der Waals surface area contributed by atoms with Crippen LogP contribution in [0.15, 0.2) is 54.7 Å². The normalized spacial score (nSPS) is 18.0. The molecule has 0 amide bonds. The molecule has 1 saturated heterocycles. The van der Waals surface area contributed by atoms with Crippen LogP contribution in [0.2, 0.25) is 0 Å². The van der Waals surface area contributed by atoms with Crippen molar-refractivity contribution >= 4 is 49.0 Å². The number of piperidine rings is 1. The van der Waals surface area contributed by atoms with Gasteiger partial charge in [0, 0.05) is 22.9 Å². The van der Waals surface area contributed by atoms with Crippen LogP contribution in [-0.2, 0) is 7.05 Å². The van der Waals surface area contributed by atoms with Gasteiger partial charge in [-0.1, -0.05) is 24.6 Å². The molecular formula is C30H30N3+. The molecule has 1 unspecified atom stereocenters. The molecule has 0 N–H and O–H groups in total. The van der Waals surface area contributed by atoms with Crippen molar-refractivity contribution in [2.75, 3.05) is 13.6 Å². The van der Waals surface area contributed by atoms with Crippen molar-refractivity contribution in [3.8, 4) is 0 Å². The summed E-state index contributed by atoms with van der Waals surface area (Å²) >= 11 is 0. The van der Waals surface area contributed by atoms with E-state index in [9.17, 15) is 0 Å². The smallest absolute Gasteiger partial charge is 0.224 e. The molecule has 4 heterocycles. The first-order valence-corrected chi connectivity index (χ1v) is 12.2. The molecule has 1 fully saturated rings. The molecule has 3 aromatic heterocycles. The lowest BCUT2D eigenvalue weighted by atomic mass is 9.91. The topological polar surface area (TPSA) is 11.5 Å². The second-order valence-electron chi connectivity index (χ2n) is 10.2. The van der Waals surface area contributed by atoms with Crippen molar-refractivity contribution in [3.05, 3.63) is 71.4 Å². The fourth-order valence-electron chi connectivity index (χ4n) is 6.57. The highest BCUT2D eigenvalue weighted by Crippen LogP contribution is 2.43. The quantitative estimate of drug-likeness (QED) is 0.162. The Morgan fingerprint density at radius 2 is 1.76 bits per heavy atom. The van der Waals surface area contributed by atoms with Gasteiger partial charge in [0.15, 0.2) is 6.20 Å². The highest BCUT2D eigenvalue weighted by atomic mass is 15.1. The fraction of sp³-hybridized carbons (Fsp3) is 0.300. The number of hydrogen-bond donors (Lipinski definition) is 0. The second kappa shape index (κ2) is 6.68. The third-order valence-corrected chi connectivity index (χ3v) is 8.35. The van der Waals surface area contributed by atoms with Crippen molar-refractivity contribution in [1.29, 1.82) is 0 Å². The molecule has 7 rings (SSSR count). The molecule has 0 bridgehead atoms. The van der Waals surface area contributed by atoms with E-state index in [0.29, 0.717) is 6.04 Å². The van der Waals surface area contributed by atoms with E-state index in [2.05, 4.69) is 96.5 Å². The molecule has 0 spiro atoms. The highest BCUT2D eigenvalue weighted by molar-refractivity contribution is 6.26. The Morgan fingerprint density at radius 1 is 0.909 bits per heavy atom. The van der Waals surface area contributed by atoms with Crippen LogP contribution in [0.3, 0.4) is 0 Å². The lowest BCUT2D eigenvalue weighted by Crippen LogP contribution is -2.30. The summed E-state index contributed by atoms with van der Waals surface area (Å²) in [6, 6.07) is 19.1. The van der Waals surface area contributed by atoms with Crippen LogP contribution in [-0.4, -0.2) is 22.9 Å². The molecule has 3 nitrogen and oxygen atoms in total. The van der Waals surface area contributed by atoms with E-state index in [1.807, 2.05) is 0 Å². The molecular weight excluding hydrogens is 402 g/mol. The van der Waals surface area contributed by atoms with Crippen molar-refractivity contribution in [1.82, 2.24) is 9.30 Å². The van der Waals surface area contributed by atoms with Gasteiger partial charge in [-0.15, -0.1) is 0 Å². The lowest BCUT2D eigenvalue weighted by molar-refractivity contribution is -0.643. The molecule has 164 valence electrons. The standard InChI is InChI=1S/C30H30N3/c1-18-15-23-22-9-5-6-11-25(22)33-26-17-21(24-10-7-8-13-31(24)3)16-20-12-14-32(4)30(28(20)26)27(19(18)2)29(23)33/h5-6,9,11-12,14-17,24H,7-8,10,13H2,1-4H3/q+1. The van der Waals surface area contributed by atoms with Gasteiger partial charge in [-0.25, -0.2) is 4.57 Å². The molecule has 1 aliphatic rings. The SMILES string of the molecule is Cc1cc2c3ccccc3n3c4cc(C5CCCCN5C)cc5cc[n+](C)c(c(c1C)c23)c54. The zero-order valence-electron chi connectivity index (χ0n) is 19.9. The number of para-hydroxylation sites is 1. The summed E-state index contributed by atoms with van der Waals surface area (Å²) < 4.78 is 4.90. The summed E-state index contributed by atoms with van der Waals surface area (Å²) in [7, 11) is 4.49. The molecule has 1 aliphatic heterocycles. The van der Waals surface area contributed by atoms with Crippen molar-refractivity contribution in [2.45, 2.75) is 39.2 Å². The van der Waals surface area contributed by atoms with E-state index in [1.165, 1.54) is 91.5 Å². The van der Waals surface area contributed by atoms with Crippen LogP contribution >= 0.6 is 0 Å². The molecule has 0 aliphatic carbocycles. The minimum absolute atomic E-state index is 0.496. The van der Waals surface area contributed by atoms with Crippen LogP contribution in [0.25, 0.3) is 49.0 Å². The second-order valence-corrected chi connectivity index (χ2v) is 10.2. The Bertz CT molecular complexity index is 1720. The number of aryl methyl sites for hydroxylation is 3. The maximum Gasteiger partial charge on any atom is 0.224 e. The zero-order chi connectivity index (χ0) is 22.4. The molecule has 3 heteroatoms. The summed E-state index contributed by atoms with van der Waals surface area (Å²) in [5.74, 6) is 0. The Morgan fingerprint density at radius 3 is 2.61 bits per heavy atom. The minimum atomic E-state index is 0.496. The fourth-order valence-corrected chi connectivity index (χ4v) is 6.57. The maximum absolute atomic E-state index is 2.56. The van der Waals surface area contributed by atoms with E-state index in [4.69, 9.17) is 0 Å². The molecule has 0 saturated carbocycles. The summed E-state index contributed by atoms with van der Waals surface area (Å²) in [5.41, 5.74) is 9.58. The van der Waals surface area contributed by atoms with Crippen LogP contribution < -0.4 is 4.57 Å². The van der Waals surface area contributed by atoms with Crippen molar-refractivity contribution < 1.29 is 4.57 Å². The monoisotopic (exact) mass is 432 g/mol. The van der Waals surface area contributed by atoms with Crippen LogP contribution in [0.1, 0.15) is 42.0 Å². The number of likely N-dealkylation sites (tertiary alicyclic amines) is 1. The van der Waals surface area contributed by atoms with Gasteiger partial charge in [0.05, 0.1) is 27.3 Å². The number of nitrogens with zero attached hydrogens (tertiary/aromatic N) is 3. The van der Waals surface area contributed by atoms with Gasteiger partial charge in [0.25, 0.3) is 0 Å². The average Bonchev–Trinajstić information content (AvgIpc) is 3.15. The number of pyridine rings is 2. The van der Waals surface area contributed by atoms with Gasteiger partial charge in [-0.05, 0) is 86.6 Å². The summed E-state index contributed by atoms with van der Waals surface area (Å²) in [6.45, 7) is 5.74. The number of fused-ring (bicyclic) bond motifs is 5. The van der Waals surface area contributed by atoms with Gasteiger partial charge in [-0.3, -0.25) is 4.90 Å². The van der Waals surface area contributed by atoms with Gasteiger partial charge in [0.2, 0.25) is 5.52 Å². The number of hydrogen-bond acceptors (Lipinski definition) is 1. The Balaban J connectivity index is 1.78. The Kier molecular flexibility index (Phi) is 3.91. The Labute approximate surface area is 194 Å². The van der Waals surface area contributed by atoms with Gasteiger partial charge < -0.3 is 4.40 Å². The molecule has 1 atom stereocenters. The molecule has 3 aromatic carbocycles. The predicted molar refractivity (Wildman–Crippen MR) is 138 cm³/mol. The molecule has 0 radical (unpaired) electrons. The zero-order valence-corrected chi connectivity index (χ0v) is 19.9. The average molecular weight is 433 g/mol. The third-order valence-electron chi connectivity index (χ3n) is 8.35.